The van der Waals surface area contributed by atoms with Crippen LogP contribution in [0.25, 0.3) is 0 Å². The van der Waals surface area contributed by atoms with E-state index in [1.165, 1.54) is 6.07 Å². The van der Waals surface area contributed by atoms with Gasteiger partial charge in [-0.05, 0) is 62.4 Å². The van der Waals surface area contributed by atoms with Crippen molar-refractivity contribution in [2.75, 3.05) is 31.5 Å². The highest BCUT2D eigenvalue weighted by Crippen LogP contribution is 2.18. The van der Waals surface area contributed by atoms with Crippen molar-refractivity contribution in [2.45, 2.75) is 38.1 Å². The molecule has 2 aliphatic rings. The summed E-state index contributed by atoms with van der Waals surface area (Å²) in [6.07, 6.45) is 3.89. The average Bonchev–Trinajstić information content (AvgIpc) is 3.43. The van der Waals surface area contributed by atoms with Gasteiger partial charge in [0.2, 0.25) is 17.8 Å². The van der Waals surface area contributed by atoms with Crippen molar-refractivity contribution in [1.82, 2.24) is 15.1 Å². The average molecular weight is 547 g/mol. The Hall–Kier alpha value is -4.74. The lowest BCUT2D eigenvalue weighted by Gasteiger charge is -2.25. The highest BCUT2D eigenvalue weighted by Gasteiger charge is 2.30. The van der Waals surface area contributed by atoms with Crippen molar-refractivity contribution in [3.8, 4) is 0 Å². The van der Waals surface area contributed by atoms with Crippen LogP contribution >= 0.6 is 0 Å². The lowest BCUT2D eigenvalue weighted by Crippen LogP contribution is -2.45. The molecule has 0 radical (unpaired) electrons. The maximum Gasteiger partial charge on any atom is 0.280 e. The quantitative estimate of drug-likeness (QED) is 0.312. The van der Waals surface area contributed by atoms with Crippen LogP contribution in [0.2, 0.25) is 0 Å². The van der Waals surface area contributed by atoms with Gasteiger partial charge in [-0.15, -0.1) is 0 Å². The number of benzene rings is 2. The molecule has 210 valence electrons. The molecule has 2 aromatic carbocycles. The third-order valence-electron chi connectivity index (χ3n) is 6.69. The fraction of sp³-hybridized carbons (Fsp3) is 0.357. The molecule has 0 aliphatic carbocycles. The number of nitrogens with one attached hydrogen (secondary N) is 2. The minimum atomic E-state index is -0.807. The second-order valence-corrected chi connectivity index (χ2v) is 9.70. The third-order valence-corrected chi connectivity index (χ3v) is 6.69. The predicted molar refractivity (Wildman–Crippen MR) is 152 cm³/mol. The summed E-state index contributed by atoms with van der Waals surface area (Å²) in [6.45, 7) is 1.91. The van der Waals surface area contributed by atoms with E-state index in [-0.39, 0.29) is 35.8 Å². The predicted octanol–water partition coefficient (Wildman–Crippen LogP) is 1.30. The zero-order chi connectivity index (χ0) is 28.5. The Morgan fingerprint density at radius 1 is 0.900 bits per heavy atom. The number of nitrogens with zero attached hydrogens (tertiary/aromatic N) is 4. The number of amides is 4. The first-order chi connectivity index (χ1) is 19.3. The summed E-state index contributed by atoms with van der Waals surface area (Å²) in [4.78, 5) is 63.1. The van der Waals surface area contributed by atoms with Crippen LogP contribution in [0.5, 0.6) is 0 Å². The molecule has 0 spiro atoms. The Morgan fingerprint density at radius 3 is 2.33 bits per heavy atom. The van der Waals surface area contributed by atoms with E-state index in [1.54, 1.807) is 58.3 Å². The Bertz CT molecular complexity index is 1300. The fourth-order valence-electron chi connectivity index (χ4n) is 4.66. The van der Waals surface area contributed by atoms with E-state index in [4.69, 9.17) is 11.5 Å². The van der Waals surface area contributed by atoms with E-state index in [0.717, 1.165) is 25.7 Å². The van der Waals surface area contributed by atoms with Crippen LogP contribution in [0.15, 0.2) is 64.6 Å². The summed E-state index contributed by atoms with van der Waals surface area (Å²) in [5.74, 6) is -1.72. The number of aliphatic imine (C=N–C) groups is 2. The highest BCUT2D eigenvalue weighted by molar-refractivity contribution is 6.11. The number of nitrogens with two attached hydrogens (primary N) is 2. The molecule has 2 fully saturated rings. The highest BCUT2D eigenvalue weighted by atomic mass is 16.2. The van der Waals surface area contributed by atoms with Gasteiger partial charge in [0.25, 0.3) is 11.8 Å². The van der Waals surface area contributed by atoms with Gasteiger partial charge in [0.15, 0.2) is 5.96 Å². The fourth-order valence-corrected chi connectivity index (χ4v) is 4.66. The van der Waals surface area contributed by atoms with E-state index < -0.39 is 17.9 Å². The minimum Gasteiger partial charge on any atom is -0.370 e. The normalized spacial score (nSPS) is 17.6. The van der Waals surface area contributed by atoms with Gasteiger partial charge in [-0.2, -0.15) is 4.99 Å². The number of guanidine groups is 2. The molecule has 4 amide bonds. The van der Waals surface area contributed by atoms with Crippen LogP contribution in [-0.2, 0) is 9.59 Å². The van der Waals surface area contributed by atoms with E-state index in [0.29, 0.717) is 37.3 Å². The number of carbonyl (C=O) groups is 4. The van der Waals surface area contributed by atoms with E-state index in [2.05, 4.69) is 20.6 Å². The van der Waals surface area contributed by atoms with E-state index in [1.807, 2.05) is 0 Å². The molecule has 1 atom stereocenters. The van der Waals surface area contributed by atoms with Crippen LogP contribution in [0, 0.1) is 0 Å². The first-order valence-corrected chi connectivity index (χ1v) is 13.3. The molecule has 12 heteroatoms. The summed E-state index contributed by atoms with van der Waals surface area (Å²) in [5, 5.41) is 5.78. The SMILES string of the molecule is NC(N)=NC(=O)c1cccc(NC(=NC2CCCCN(CC(=O)N3CCCC3)C2=O)NC(=O)c2ccccc2)c1. The lowest BCUT2D eigenvalue weighted by molar-refractivity contribution is -0.140. The largest absolute Gasteiger partial charge is 0.370 e. The molecular formula is C28H34N8O4. The van der Waals surface area contributed by atoms with Crippen molar-refractivity contribution in [1.29, 1.82) is 0 Å². The van der Waals surface area contributed by atoms with Gasteiger partial charge in [0, 0.05) is 36.4 Å². The van der Waals surface area contributed by atoms with Crippen molar-refractivity contribution in [3.05, 3.63) is 65.7 Å². The maximum absolute atomic E-state index is 13.5. The van der Waals surface area contributed by atoms with Crippen molar-refractivity contribution < 1.29 is 19.2 Å². The first-order valence-electron chi connectivity index (χ1n) is 13.3. The Kier molecular flexibility index (Phi) is 9.44. The number of carbonyl (C=O) groups excluding carboxylic acids is 4. The van der Waals surface area contributed by atoms with Gasteiger partial charge in [0.05, 0.1) is 6.54 Å². The summed E-state index contributed by atoms with van der Waals surface area (Å²) < 4.78 is 0. The molecule has 2 heterocycles. The Morgan fingerprint density at radius 2 is 1.60 bits per heavy atom. The number of hydrogen-bond acceptors (Lipinski definition) is 5. The second-order valence-electron chi connectivity index (χ2n) is 9.70. The van der Waals surface area contributed by atoms with Crippen LogP contribution in [0.1, 0.15) is 52.8 Å². The molecule has 4 rings (SSSR count). The van der Waals surface area contributed by atoms with Crippen molar-refractivity contribution in [2.24, 2.45) is 21.5 Å². The second kappa shape index (κ2) is 13.4. The van der Waals surface area contributed by atoms with Gasteiger partial charge in [-0.3, -0.25) is 24.5 Å². The standard InChI is InChI=1S/C28H34N8O4/c29-27(30)33-25(39)20-11-8-12-21(17-20)31-28(34-24(38)19-9-2-1-3-10-19)32-22-13-4-5-16-36(26(22)40)18-23(37)35-14-6-7-15-35/h1-3,8-12,17,22H,4-7,13-16,18H2,(H4,29,30,33,39)(H2,31,32,34,38). The minimum absolute atomic E-state index is 0.0128. The van der Waals surface area contributed by atoms with Crippen LogP contribution < -0.4 is 22.1 Å². The van der Waals surface area contributed by atoms with Crippen LogP contribution in [-0.4, -0.2) is 77.6 Å². The molecule has 0 aromatic heterocycles. The molecule has 0 saturated carbocycles. The molecule has 0 bridgehead atoms. The summed E-state index contributed by atoms with van der Waals surface area (Å²) in [6, 6.07) is 14.1. The Balaban J connectivity index is 1.59. The van der Waals surface area contributed by atoms with Crippen LogP contribution in [0.3, 0.4) is 0 Å². The Labute approximate surface area is 232 Å². The van der Waals surface area contributed by atoms with Gasteiger partial charge in [-0.1, -0.05) is 24.3 Å². The zero-order valence-electron chi connectivity index (χ0n) is 22.2. The zero-order valence-corrected chi connectivity index (χ0v) is 22.2. The van der Waals surface area contributed by atoms with Gasteiger partial charge < -0.3 is 26.6 Å². The molecule has 2 aliphatic heterocycles. The van der Waals surface area contributed by atoms with Crippen molar-refractivity contribution in [3.63, 3.8) is 0 Å². The number of rotatable bonds is 6. The van der Waals surface area contributed by atoms with E-state index in [9.17, 15) is 19.2 Å². The topological polar surface area (TPSA) is 176 Å². The molecule has 2 saturated heterocycles. The van der Waals surface area contributed by atoms with Crippen molar-refractivity contribution >= 4 is 41.2 Å². The van der Waals surface area contributed by atoms with Crippen LogP contribution in [0.4, 0.5) is 5.69 Å². The maximum atomic E-state index is 13.5. The number of anilines is 1. The summed E-state index contributed by atoms with van der Waals surface area (Å²) in [5.41, 5.74) is 11.7. The molecule has 40 heavy (non-hydrogen) atoms. The van der Waals surface area contributed by atoms with Gasteiger partial charge in [0.1, 0.15) is 6.04 Å². The molecular weight excluding hydrogens is 512 g/mol. The first kappa shape index (κ1) is 28.3. The smallest absolute Gasteiger partial charge is 0.280 e. The monoisotopic (exact) mass is 546 g/mol. The van der Waals surface area contributed by atoms with Gasteiger partial charge in [-0.25, -0.2) is 4.99 Å². The lowest BCUT2D eigenvalue weighted by atomic mass is 10.1. The number of likely N-dealkylation sites (tertiary alicyclic amines) is 2. The summed E-state index contributed by atoms with van der Waals surface area (Å²) in [7, 11) is 0. The molecule has 2 aromatic rings. The van der Waals surface area contributed by atoms with E-state index >= 15 is 0 Å². The number of hydrogen-bond donors (Lipinski definition) is 4. The third kappa shape index (κ3) is 7.65. The summed E-state index contributed by atoms with van der Waals surface area (Å²) >= 11 is 0. The molecule has 1 unspecified atom stereocenters. The van der Waals surface area contributed by atoms with Gasteiger partial charge >= 0.3 is 0 Å². The molecule has 12 nitrogen and oxygen atoms in total. The molecule has 6 N–H and O–H groups in total.